The summed E-state index contributed by atoms with van der Waals surface area (Å²) in [6.07, 6.45) is 1.24. The fourth-order valence-electron chi connectivity index (χ4n) is 1.34. The van der Waals surface area contributed by atoms with Crippen LogP contribution in [0.1, 0.15) is 0 Å². The highest BCUT2D eigenvalue weighted by Crippen LogP contribution is 2.16. The first-order chi connectivity index (χ1) is 7.22. The van der Waals surface area contributed by atoms with Crippen LogP contribution in [0.2, 0.25) is 0 Å². The second-order valence-corrected chi connectivity index (χ2v) is 2.99. The summed E-state index contributed by atoms with van der Waals surface area (Å²) in [5.74, 6) is 0.576. The molecular weight excluding hydrogens is 196 g/mol. The summed E-state index contributed by atoms with van der Waals surface area (Å²) in [4.78, 5) is 13.7. The number of H-pyrrole nitrogens is 1. The second kappa shape index (κ2) is 3.53. The zero-order valence-electron chi connectivity index (χ0n) is 8.10. The van der Waals surface area contributed by atoms with Gasteiger partial charge >= 0.3 is 5.69 Å². The van der Waals surface area contributed by atoms with E-state index < -0.39 is 0 Å². The van der Waals surface area contributed by atoms with Crippen LogP contribution in [0.5, 0.6) is 11.6 Å². The number of aromatic hydroxyl groups is 1. The molecule has 0 saturated carbocycles. The van der Waals surface area contributed by atoms with Gasteiger partial charge in [0.2, 0.25) is 5.88 Å². The molecule has 0 bridgehead atoms. The molecule has 78 valence electrons. The van der Waals surface area contributed by atoms with Crippen LogP contribution in [0.15, 0.2) is 35.3 Å². The van der Waals surface area contributed by atoms with Crippen molar-refractivity contribution in [1.82, 2.24) is 9.55 Å². The van der Waals surface area contributed by atoms with Gasteiger partial charge in [0.1, 0.15) is 5.75 Å². The highest BCUT2D eigenvalue weighted by molar-refractivity contribution is 5.39. The number of hydrogen-bond acceptors (Lipinski definition) is 3. The van der Waals surface area contributed by atoms with Crippen LogP contribution in [-0.2, 0) is 0 Å². The third kappa shape index (κ3) is 1.59. The SMILES string of the molecule is COc1ccc(-n2c(O)c[nH]c2=O)cc1. The van der Waals surface area contributed by atoms with Crippen molar-refractivity contribution in [3.63, 3.8) is 0 Å². The number of benzene rings is 1. The Hall–Kier alpha value is -2.17. The summed E-state index contributed by atoms with van der Waals surface area (Å²) in [6.45, 7) is 0. The van der Waals surface area contributed by atoms with E-state index in [9.17, 15) is 9.90 Å². The predicted octanol–water partition coefficient (Wildman–Crippen LogP) is 0.880. The molecule has 2 N–H and O–H groups in total. The van der Waals surface area contributed by atoms with Crippen molar-refractivity contribution >= 4 is 0 Å². The van der Waals surface area contributed by atoms with Crippen LogP contribution in [0.4, 0.5) is 0 Å². The molecule has 15 heavy (non-hydrogen) atoms. The molecule has 0 aliphatic heterocycles. The van der Waals surface area contributed by atoms with E-state index in [2.05, 4.69) is 4.98 Å². The summed E-state index contributed by atoms with van der Waals surface area (Å²) < 4.78 is 6.16. The summed E-state index contributed by atoms with van der Waals surface area (Å²) in [5, 5.41) is 9.41. The minimum atomic E-state index is -0.377. The topological polar surface area (TPSA) is 67.2 Å². The molecule has 0 amide bonds. The monoisotopic (exact) mass is 206 g/mol. The normalized spacial score (nSPS) is 10.2. The smallest absolute Gasteiger partial charge is 0.333 e. The maximum absolute atomic E-state index is 11.3. The summed E-state index contributed by atoms with van der Waals surface area (Å²) in [5.41, 5.74) is 0.206. The maximum atomic E-state index is 11.3. The second-order valence-electron chi connectivity index (χ2n) is 2.99. The van der Waals surface area contributed by atoms with Gasteiger partial charge in [-0.05, 0) is 24.3 Å². The number of nitrogens with zero attached hydrogens (tertiary/aromatic N) is 1. The van der Waals surface area contributed by atoms with Gasteiger partial charge in [0.25, 0.3) is 0 Å². The van der Waals surface area contributed by atoms with Gasteiger partial charge in [0.15, 0.2) is 0 Å². The average molecular weight is 206 g/mol. The largest absolute Gasteiger partial charge is 0.497 e. The van der Waals surface area contributed by atoms with E-state index in [1.807, 2.05) is 0 Å². The molecule has 5 nitrogen and oxygen atoms in total. The van der Waals surface area contributed by atoms with Gasteiger partial charge in [-0.2, -0.15) is 0 Å². The molecule has 1 aromatic heterocycles. The van der Waals surface area contributed by atoms with Crippen molar-refractivity contribution < 1.29 is 9.84 Å². The molecule has 1 aromatic carbocycles. The molecule has 0 fully saturated rings. The van der Waals surface area contributed by atoms with Crippen molar-refractivity contribution in [2.75, 3.05) is 7.11 Å². The number of hydrogen-bond donors (Lipinski definition) is 2. The summed E-state index contributed by atoms with van der Waals surface area (Å²) >= 11 is 0. The van der Waals surface area contributed by atoms with E-state index in [4.69, 9.17) is 4.74 Å². The maximum Gasteiger partial charge on any atom is 0.333 e. The number of rotatable bonds is 2. The fourth-order valence-corrected chi connectivity index (χ4v) is 1.34. The lowest BCUT2D eigenvalue weighted by molar-refractivity contribution is 0.414. The zero-order chi connectivity index (χ0) is 10.8. The number of imidazole rings is 1. The standard InChI is InChI=1S/C10H10N2O3/c1-15-8-4-2-7(3-5-8)12-9(13)6-11-10(12)14/h2-6,13H,1H3,(H,11,14). The quantitative estimate of drug-likeness (QED) is 0.766. The van der Waals surface area contributed by atoms with E-state index >= 15 is 0 Å². The van der Waals surface area contributed by atoms with Crippen LogP contribution in [0.3, 0.4) is 0 Å². The Balaban J connectivity index is 2.50. The Labute approximate surface area is 85.6 Å². The molecule has 0 aliphatic carbocycles. The third-order valence-electron chi connectivity index (χ3n) is 2.09. The number of methoxy groups -OCH3 is 1. The molecule has 0 spiro atoms. The van der Waals surface area contributed by atoms with E-state index in [0.29, 0.717) is 11.4 Å². The molecule has 0 radical (unpaired) electrons. The number of ether oxygens (including phenoxy) is 1. The third-order valence-corrected chi connectivity index (χ3v) is 2.09. The molecule has 2 aromatic rings. The van der Waals surface area contributed by atoms with Crippen molar-refractivity contribution in [2.45, 2.75) is 0 Å². The minimum Gasteiger partial charge on any atom is -0.497 e. The highest BCUT2D eigenvalue weighted by Gasteiger charge is 2.06. The van der Waals surface area contributed by atoms with Gasteiger partial charge in [-0.3, -0.25) is 0 Å². The molecule has 0 atom stereocenters. The first-order valence-corrected chi connectivity index (χ1v) is 4.36. The van der Waals surface area contributed by atoms with Gasteiger partial charge in [-0.15, -0.1) is 0 Å². The van der Waals surface area contributed by atoms with Crippen molar-refractivity contribution in [1.29, 1.82) is 0 Å². The van der Waals surface area contributed by atoms with Gasteiger partial charge in [-0.25, -0.2) is 9.36 Å². The predicted molar refractivity (Wildman–Crippen MR) is 54.6 cm³/mol. The Morgan fingerprint density at radius 3 is 2.47 bits per heavy atom. The minimum absolute atomic E-state index is 0.120. The van der Waals surface area contributed by atoms with Crippen LogP contribution in [0.25, 0.3) is 5.69 Å². The highest BCUT2D eigenvalue weighted by atomic mass is 16.5. The molecule has 1 heterocycles. The first-order valence-electron chi connectivity index (χ1n) is 4.36. The van der Waals surface area contributed by atoms with Crippen LogP contribution in [-0.4, -0.2) is 21.8 Å². The van der Waals surface area contributed by atoms with Crippen LogP contribution < -0.4 is 10.4 Å². The molecule has 2 rings (SSSR count). The molecule has 5 heteroatoms. The Morgan fingerprint density at radius 2 is 2.00 bits per heavy atom. The van der Waals surface area contributed by atoms with Crippen molar-refractivity contribution in [3.05, 3.63) is 40.9 Å². The number of aromatic amines is 1. The van der Waals surface area contributed by atoms with Gasteiger partial charge in [0, 0.05) is 0 Å². The first kappa shape index (κ1) is 9.39. The van der Waals surface area contributed by atoms with E-state index in [0.717, 1.165) is 0 Å². The Kier molecular flexibility index (Phi) is 2.21. The molecular formula is C10H10N2O3. The van der Waals surface area contributed by atoms with Crippen LogP contribution in [0, 0.1) is 0 Å². The Bertz CT molecular complexity index is 510. The van der Waals surface area contributed by atoms with Crippen molar-refractivity contribution in [2.24, 2.45) is 0 Å². The van der Waals surface area contributed by atoms with Gasteiger partial charge in [-0.1, -0.05) is 0 Å². The molecule has 0 aliphatic rings. The summed E-state index contributed by atoms with van der Waals surface area (Å²) in [6, 6.07) is 6.81. The van der Waals surface area contributed by atoms with Crippen LogP contribution >= 0.6 is 0 Å². The average Bonchev–Trinajstić information content (AvgIpc) is 2.59. The van der Waals surface area contributed by atoms with Crippen molar-refractivity contribution in [3.8, 4) is 17.3 Å². The number of nitrogens with one attached hydrogen (secondary N) is 1. The lowest BCUT2D eigenvalue weighted by Crippen LogP contribution is -2.14. The van der Waals surface area contributed by atoms with E-state index in [-0.39, 0.29) is 11.6 Å². The van der Waals surface area contributed by atoms with Gasteiger partial charge in [0.05, 0.1) is 19.0 Å². The zero-order valence-corrected chi connectivity index (χ0v) is 8.10. The number of aromatic nitrogens is 2. The Morgan fingerprint density at radius 1 is 1.33 bits per heavy atom. The molecule has 0 saturated heterocycles. The lowest BCUT2D eigenvalue weighted by atomic mass is 10.3. The molecule has 0 unspecified atom stereocenters. The lowest BCUT2D eigenvalue weighted by Gasteiger charge is -2.03. The van der Waals surface area contributed by atoms with E-state index in [1.165, 1.54) is 10.8 Å². The summed E-state index contributed by atoms with van der Waals surface area (Å²) in [7, 11) is 1.56. The van der Waals surface area contributed by atoms with E-state index in [1.54, 1.807) is 31.4 Å². The van der Waals surface area contributed by atoms with Gasteiger partial charge < -0.3 is 14.8 Å². The fraction of sp³-hybridized carbons (Fsp3) is 0.100.